The van der Waals surface area contributed by atoms with Crippen molar-refractivity contribution in [1.29, 1.82) is 0 Å². The van der Waals surface area contributed by atoms with E-state index < -0.39 is 17.5 Å². The molecule has 0 amide bonds. The fourth-order valence-electron chi connectivity index (χ4n) is 2.07. The SMILES string of the molecule is Cc1ccc(F)c2c1C(O)CC(C)(C)O2. The normalized spacial score (nSPS) is 23.1. The Morgan fingerprint density at radius 3 is 2.80 bits per heavy atom. The highest BCUT2D eigenvalue weighted by Gasteiger charge is 2.35. The number of aliphatic hydroxyl groups excluding tert-OH is 1. The van der Waals surface area contributed by atoms with Gasteiger partial charge in [-0.25, -0.2) is 4.39 Å². The smallest absolute Gasteiger partial charge is 0.165 e. The van der Waals surface area contributed by atoms with Crippen LogP contribution in [0.2, 0.25) is 0 Å². The molecule has 1 atom stereocenters. The van der Waals surface area contributed by atoms with Gasteiger partial charge in [0.1, 0.15) is 5.60 Å². The number of aliphatic hydroxyl groups is 1. The van der Waals surface area contributed by atoms with Crippen molar-refractivity contribution in [2.24, 2.45) is 0 Å². The maximum Gasteiger partial charge on any atom is 0.165 e. The first kappa shape index (κ1) is 10.4. The van der Waals surface area contributed by atoms with Crippen LogP contribution in [-0.4, -0.2) is 10.7 Å². The Hall–Kier alpha value is -1.09. The molecule has 2 nitrogen and oxygen atoms in total. The van der Waals surface area contributed by atoms with Crippen molar-refractivity contribution in [2.45, 2.75) is 38.9 Å². The van der Waals surface area contributed by atoms with Crippen LogP contribution in [0.1, 0.15) is 37.5 Å². The molecule has 15 heavy (non-hydrogen) atoms. The molecule has 1 heterocycles. The molecule has 0 radical (unpaired) electrons. The first-order valence-electron chi connectivity index (χ1n) is 5.07. The largest absolute Gasteiger partial charge is 0.484 e. The Labute approximate surface area is 88.7 Å². The molecule has 82 valence electrons. The molecule has 1 aliphatic heterocycles. The van der Waals surface area contributed by atoms with Crippen LogP contribution in [0.3, 0.4) is 0 Å². The first-order valence-corrected chi connectivity index (χ1v) is 5.07. The van der Waals surface area contributed by atoms with E-state index in [4.69, 9.17) is 4.74 Å². The van der Waals surface area contributed by atoms with E-state index in [1.165, 1.54) is 6.07 Å². The first-order chi connectivity index (χ1) is 6.91. The molecular weight excluding hydrogens is 195 g/mol. The van der Waals surface area contributed by atoms with Crippen molar-refractivity contribution in [2.75, 3.05) is 0 Å². The van der Waals surface area contributed by atoms with Crippen LogP contribution in [0.5, 0.6) is 5.75 Å². The summed E-state index contributed by atoms with van der Waals surface area (Å²) < 4.78 is 19.1. The van der Waals surface area contributed by atoms with Gasteiger partial charge in [-0.3, -0.25) is 0 Å². The van der Waals surface area contributed by atoms with Crippen LogP contribution in [0.4, 0.5) is 4.39 Å². The van der Waals surface area contributed by atoms with Gasteiger partial charge >= 0.3 is 0 Å². The summed E-state index contributed by atoms with van der Waals surface area (Å²) in [7, 11) is 0. The zero-order valence-electron chi connectivity index (χ0n) is 9.17. The maximum atomic E-state index is 13.5. The average Bonchev–Trinajstić information content (AvgIpc) is 2.09. The van der Waals surface area contributed by atoms with Gasteiger partial charge in [0.05, 0.1) is 6.10 Å². The van der Waals surface area contributed by atoms with Crippen molar-refractivity contribution in [3.63, 3.8) is 0 Å². The van der Waals surface area contributed by atoms with Gasteiger partial charge in [0.25, 0.3) is 0 Å². The van der Waals surface area contributed by atoms with Gasteiger partial charge in [-0.05, 0) is 32.4 Å². The molecule has 2 rings (SSSR count). The van der Waals surface area contributed by atoms with Crippen LogP contribution in [0.25, 0.3) is 0 Å². The topological polar surface area (TPSA) is 29.5 Å². The zero-order valence-corrected chi connectivity index (χ0v) is 9.17. The Kier molecular flexibility index (Phi) is 2.23. The Bertz CT molecular complexity index is 399. The molecule has 3 heteroatoms. The number of rotatable bonds is 0. The van der Waals surface area contributed by atoms with Gasteiger partial charge in [0.2, 0.25) is 0 Å². The molecule has 1 aliphatic rings. The van der Waals surface area contributed by atoms with Crippen LogP contribution in [0, 0.1) is 12.7 Å². The number of fused-ring (bicyclic) bond motifs is 1. The third-order valence-electron chi connectivity index (χ3n) is 2.76. The number of aryl methyl sites for hydroxylation is 1. The van der Waals surface area contributed by atoms with Crippen LogP contribution < -0.4 is 4.74 Å². The van der Waals surface area contributed by atoms with E-state index in [2.05, 4.69) is 0 Å². The third kappa shape index (κ3) is 1.72. The second-order valence-corrected chi connectivity index (χ2v) is 4.69. The molecule has 1 aromatic rings. The summed E-state index contributed by atoms with van der Waals surface area (Å²) in [6.07, 6.45) is -0.149. The molecule has 0 aromatic heterocycles. The Morgan fingerprint density at radius 1 is 1.47 bits per heavy atom. The second kappa shape index (κ2) is 3.20. The number of hydrogen-bond donors (Lipinski definition) is 1. The van der Waals surface area contributed by atoms with Gasteiger partial charge in [0.15, 0.2) is 11.6 Å². The van der Waals surface area contributed by atoms with Crippen LogP contribution >= 0.6 is 0 Å². The summed E-state index contributed by atoms with van der Waals surface area (Å²) in [6, 6.07) is 3.04. The molecule has 0 spiro atoms. The predicted molar refractivity (Wildman–Crippen MR) is 55.4 cm³/mol. The number of hydrogen-bond acceptors (Lipinski definition) is 2. The lowest BCUT2D eigenvalue weighted by Gasteiger charge is -2.36. The summed E-state index contributed by atoms with van der Waals surface area (Å²) in [5.41, 5.74) is 0.949. The standard InChI is InChI=1S/C12H15FO2/c1-7-4-5-8(13)11-10(7)9(14)6-12(2,3)15-11/h4-5,9,14H,6H2,1-3H3. The van der Waals surface area contributed by atoms with E-state index in [0.717, 1.165) is 5.56 Å². The minimum Gasteiger partial charge on any atom is -0.484 e. The van der Waals surface area contributed by atoms with Crippen molar-refractivity contribution in [3.05, 3.63) is 29.1 Å². The van der Waals surface area contributed by atoms with E-state index in [1.54, 1.807) is 6.07 Å². The molecule has 0 aliphatic carbocycles. The molecule has 1 aromatic carbocycles. The summed E-state index contributed by atoms with van der Waals surface area (Å²) >= 11 is 0. The minimum atomic E-state index is -0.639. The number of benzene rings is 1. The highest BCUT2D eigenvalue weighted by Crippen LogP contribution is 2.42. The average molecular weight is 210 g/mol. The molecular formula is C12H15FO2. The summed E-state index contributed by atoms with van der Waals surface area (Å²) in [5, 5.41) is 9.96. The van der Waals surface area contributed by atoms with Crippen LogP contribution in [-0.2, 0) is 0 Å². The summed E-state index contributed by atoms with van der Waals surface area (Å²) in [4.78, 5) is 0. The molecule has 0 saturated carbocycles. The third-order valence-corrected chi connectivity index (χ3v) is 2.76. The second-order valence-electron chi connectivity index (χ2n) is 4.69. The Morgan fingerprint density at radius 2 is 2.13 bits per heavy atom. The number of halogens is 1. The summed E-state index contributed by atoms with van der Waals surface area (Å²) in [5.74, 6) is -0.193. The monoisotopic (exact) mass is 210 g/mol. The lowest BCUT2D eigenvalue weighted by molar-refractivity contribution is 0.00760. The van der Waals surface area contributed by atoms with E-state index in [-0.39, 0.29) is 5.75 Å². The number of ether oxygens (including phenoxy) is 1. The summed E-state index contributed by atoms with van der Waals surface area (Å²) in [6.45, 7) is 5.55. The predicted octanol–water partition coefficient (Wildman–Crippen LogP) is 2.73. The molecule has 1 N–H and O–H groups in total. The zero-order chi connectivity index (χ0) is 11.2. The van der Waals surface area contributed by atoms with Gasteiger partial charge in [-0.1, -0.05) is 6.07 Å². The van der Waals surface area contributed by atoms with Gasteiger partial charge < -0.3 is 9.84 Å². The van der Waals surface area contributed by atoms with Crippen molar-refractivity contribution in [1.82, 2.24) is 0 Å². The van der Waals surface area contributed by atoms with E-state index >= 15 is 0 Å². The fraction of sp³-hybridized carbons (Fsp3) is 0.500. The van der Waals surface area contributed by atoms with E-state index in [9.17, 15) is 9.50 Å². The van der Waals surface area contributed by atoms with Crippen molar-refractivity contribution in [3.8, 4) is 5.75 Å². The fourth-order valence-corrected chi connectivity index (χ4v) is 2.07. The highest BCUT2D eigenvalue weighted by atomic mass is 19.1. The molecule has 0 bridgehead atoms. The van der Waals surface area contributed by atoms with E-state index in [0.29, 0.717) is 12.0 Å². The molecule has 1 unspecified atom stereocenters. The molecule has 0 fully saturated rings. The van der Waals surface area contributed by atoms with Crippen molar-refractivity contribution < 1.29 is 14.2 Å². The van der Waals surface area contributed by atoms with Gasteiger partial charge in [-0.15, -0.1) is 0 Å². The van der Waals surface area contributed by atoms with Gasteiger partial charge in [-0.2, -0.15) is 0 Å². The van der Waals surface area contributed by atoms with E-state index in [1.807, 2.05) is 20.8 Å². The maximum absolute atomic E-state index is 13.5. The van der Waals surface area contributed by atoms with Gasteiger partial charge in [0, 0.05) is 12.0 Å². The lowest BCUT2D eigenvalue weighted by Crippen LogP contribution is -2.35. The van der Waals surface area contributed by atoms with Crippen molar-refractivity contribution >= 4 is 0 Å². The molecule has 0 saturated heterocycles. The minimum absolute atomic E-state index is 0.207. The van der Waals surface area contributed by atoms with Crippen LogP contribution in [0.15, 0.2) is 12.1 Å². The highest BCUT2D eigenvalue weighted by molar-refractivity contribution is 5.44. The quantitative estimate of drug-likeness (QED) is 0.713. The Balaban J connectivity index is 2.59. The lowest BCUT2D eigenvalue weighted by atomic mass is 9.89.